The molecule has 1 atom stereocenters. The molecule has 0 aromatic rings. The van der Waals surface area contributed by atoms with Crippen LogP contribution in [0.4, 0.5) is 31.1 Å². The number of hydrogen-bond donors (Lipinski definition) is 2. The molecule has 0 aliphatic carbocycles. The summed E-state index contributed by atoms with van der Waals surface area (Å²) in [5.74, 6) is -6.71. The average Bonchev–Trinajstić information content (AvgIpc) is 2.24. The number of unbranched alkanes of at least 4 members (excludes halogenated alkanes) is 1. The normalized spacial score (nSPS) is 13.9. The van der Waals surface area contributed by atoms with Crippen LogP contribution in [0.3, 0.4) is 0 Å². The number of alkyl carbamates (subject to hydrolysis) is 1. The molecule has 0 saturated carbocycles. The summed E-state index contributed by atoms with van der Waals surface area (Å²) < 4.78 is 78.7. The minimum Gasteiger partial charge on any atom is -0.480 e. The highest BCUT2D eigenvalue weighted by molar-refractivity contribution is 5.80. The molecule has 0 saturated heterocycles. The summed E-state index contributed by atoms with van der Waals surface area (Å²) in [4.78, 5) is 21.7. The molecule has 0 spiro atoms. The summed E-state index contributed by atoms with van der Waals surface area (Å²) in [6.07, 6.45) is -12.6. The van der Waals surface area contributed by atoms with Gasteiger partial charge in [-0.3, -0.25) is 0 Å². The fourth-order valence-electron chi connectivity index (χ4n) is 1.33. The number of ether oxygens (including phenoxy) is 1. The minimum absolute atomic E-state index is 0.253. The van der Waals surface area contributed by atoms with Gasteiger partial charge in [0, 0.05) is 0 Å². The zero-order valence-corrected chi connectivity index (χ0v) is 10.7. The van der Waals surface area contributed by atoms with Gasteiger partial charge >= 0.3 is 24.4 Å². The van der Waals surface area contributed by atoms with E-state index in [0.29, 0.717) is 12.8 Å². The van der Waals surface area contributed by atoms with E-state index in [1.165, 1.54) is 0 Å². The van der Waals surface area contributed by atoms with E-state index in [0.717, 1.165) is 5.32 Å². The van der Waals surface area contributed by atoms with Crippen molar-refractivity contribution in [2.24, 2.45) is 5.92 Å². The van der Waals surface area contributed by atoms with E-state index in [1.807, 2.05) is 0 Å². The van der Waals surface area contributed by atoms with Crippen molar-refractivity contribution < 1.29 is 45.8 Å². The number of nitrogens with one attached hydrogen (secondary N) is 1. The van der Waals surface area contributed by atoms with Gasteiger partial charge in [-0.15, -0.1) is 0 Å². The number of rotatable bonds is 6. The van der Waals surface area contributed by atoms with Crippen LogP contribution in [0, 0.1) is 5.92 Å². The van der Waals surface area contributed by atoms with Gasteiger partial charge in [-0.2, -0.15) is 26.3 Å². The second kappa shape index (κ2) is 7.36. The van der Waals surface area contributed by atoms with Crippen LogP contribution in [-0.4, -0.2) is 42.2 Å². The molecule has 2 N–H and O–H groups in total. The molecule has 0 rings (SSSR count). The Hall–Kier alpha value is -1.68. The number of carbonyl (C=O) groups excluding carboxylic acids is 1. The second-order valence-corrected chi connectivity index (χ2v) is 4.01. The molecule has 0 fully saturated rings. The van der Waals surface area contributed by atoms with Crippen LogP contribution in [0.15, 0.2) is 0 Å². The number of carboxylic acids is 1. The topological polar surface area (TPSA) is 75.6 Å². The number of amides is 1. The van der Waals surface area contributed by atoms with Crippen LogP contribution >= 0.6 is 0 Å². The monoisotopic (exact) mass is 325 g/mol. The molecule has 0 aromatic carbocycles. The standard InChI is InChI=1S/C10H13F6NO4/c1-2-3-4-21-8(20)17-5(7(18)19)6(9(11,12)13)10(14,15)16/h5-6H,2-4H2,1H3,(H,17,20)(H,18,19). The van der Waals surface area contributed by atoms with Crippen LogP contribution in [-0.2, 0) is 9.53 Å². The third kappa shape index (κ3) is 6.54. The lowest BCUT2D eigenvalue weighted by atomic mass is 9.98. The molecule has 0 heterocycles. The summed E-state index contributed by atoms with van der Waals surface area (Å²) in [5, 5.41) is 9.61. The molecule has 21 heavy (non-hydrogen) atoms. The first kappa shape index (κ1) is 19.3. The third-order valence-corrected chi connectivity index (χ3v) is 2.31. The van der Waals surface area contributed by atoms with Crippen LogP contribution in [0.1, 0.15) is 19.8 Å². The summed E-state index contributed by atoms with van der Waals surface area (Å²) in [6, 6.07) is -3.22. The SMILES string of the molecule is CCCCOC(=O)NC(C(=O)O)C(C(F)(F)F)C(F)(F)F. The average molecular weight is 325 g/mol. The number of carboxylic acid groups (broad SMARTS) is 1. The van der Waals surface area contributed by atoms with Gasteiger partial charge in [0.15, 0.2) is 5.92 Å². The first-order valence-electron chi connectivity index (χ1n) is 5.70. The van der Waals surface area contributed by atoms with Gasteiger partial charge < -0.3 is 15.2 Å². The summed E-state index contributed by atoms with van der Waals surface area (Å²) in [5.41, 5.74) is 0. The van der Waals surface area contributed by atoms with E-state index in [-0.39, 0.29) is 6.61 Å². The van der Waals surface area contributed by atoms with E-state index in [4.69, 9.17) is 5.11 Å². The van der Waals surface area contributed by atoms with E-state index < -0.39 is 36.4 Å². The summed E-state index contributed by atoms with van der Waals surface area (Å²) in [7, 11) is 0. The number of hydrogen-bond acceptors (Lipinski definition) is 3. The molecule has 0 aliphatic heterocycles. The predicted molar refractivity (Wildman–Crippen MR) is 56.4 cm³/mol. The van der Waals surface area contributed by atoms with E-state index in [9.17, 15) is 35.9 Å². The first-order chi connectivity index (χ1) is 9.41. The van der Waals surface area contributed by atoms with Crippen molar-refractivity contribution in [2.75, 3.05) is 6.61 Å². The number of alkyl halides is 6. The smallest absolute Gasteiger partial charge is 0.407 e. The van der Waals surface area contributed by atoms with Gasteiger partial charge in [0.05, 0.1) is 6.61 Å². The van der Waals surface area contributed by atoms with Crippen LogP contribution in [0.2, 0.25) is 0 Å². The molecular formula is C10H13F6NO4. The van der Waals surface area contributed by atoms with Crippen LogP contribution in [0.5, 0.6) is 0 Å². The Labute approximate surface area is 115 Å². The fraction of sp³-hybridized carbons (Fsp3) is 0.800. The van der Waals surface area contributed by atoms with Crippen LogP contribution < -0.4 is 5.32 Å². The lowest BCUT2D eigenvalue weighted by Gasteiger charge is -2.28. The maximum absolute atomic E-state index is 12.4. The zero-order valence-electron chi connectivity index (χ0n) is 10.7. The number of carbonyl (C=O) groups is 2. The molecule has 1 amide bonds. The van der Waals surface area contributed by atoms with Gasteiger partial charge in [-0.1, -0.05) is 13.3 Å². The maximum Gasteiger partial charge on any atom is 0.407 e. The zero-order chi connectivity index (χ0) is 16.8. The molecule has 5 nitrogen and oxygen atoms in total. The molecule has 11 heteroatoms. The Balaban J connectivity index is 5.10. The van der Waals surface area contributed by atoms with Crippen molar-refractivity contribution >= 4 is 12.1 Å². The van der Waals surface area contributed by atoms with Crippen molar-refractivity contribution in [3.05, 3.63) is 0 Å². The lowest BCUT2D eigenvalue weighted by molar-refractivity contribution is -0.290. The van der Waals surface area contributed by atoms with Crippen LogP contribution in [0.25, 0.3) is 0 Å². The van der Waals surface area contributed by atoms with Gasteiger partial charge in [-0.05, 0) is 6.42 Å². The highest BCUT2D eigenvalue weighted by atomic mass is 19.4. The fourth-order valence-corrected chi connectivity index (χ4v) is 1.33. The lowest BCUT2D eigenvalue weighted by Crippen LogP contribution is -2.56. The molecule has 0 aromatic heterocycles. The number of halogens is 6. The maximum atomic E-state index is 12.4. The highest BCUT2D eigenvalue weighted by Crippen LogP contribution is 2.41. The predicted octanol–water partition coefficient (Wildman–Crippen LogP) is 2.71. The largest absolute Gasteiger partial charge is 0.480 e. The molecule has 0 radical (unpaired) electrons. The Morgan fingerprint density at radius 1 is 1.14 bits per heavy atom. The van der Waals surface area contributed by atoms with Gasteiger partial charge in [-0.25, -0.2) is 9.59 Å². The van der Waals surface area contributed by atoms with Crippen molar-refractivity contribution in [2.45, 2.75) is 38.2 Å². The van der Waals surface area contributed by atoms with Crippen molar-refractivity contribution in [1.29, 1.82) is 0 Å². The Morgan fingerprint density at radius 2 is 1.62 bits per heavy atom. The Kier molecular flexibility index (Phi) is 6.77. The second-order valence-electron chi connectivity index (χ2n) is 4.01. The van der Waals surface area contributed by atoms with Gasteiger partial charge in [0.2, 0.25) is 0 Å². The third-order valence-electron chi connectivity index (χ3n) is 2.31. The van der Waals surface area contributed by atoms with Crippen molar-refractivity contribution in [1.82, 2.24) is 5.32 Å². The van der Waals surface area contributed by atoms with Gasteiger partial charge in [0.1, 0.15) is 6.04 Å². The van der Waals surface area contributed by atoms with Gasteiger partial charge in [0.25, 0.3) is 0 Å². The summed E-state index contributed by atoms with van der Waals surface area (Å²) in [6.45, 7) is 1.45. The quantitative estimate of drug-likeness (QED) is 0.581. The molecule has 0 aliphatic rings. The molecular weight excluding hydrogens is 312 g/mol. The summed E-state index contributed by atoms with van der Waals surface area (Å²) >= 11 is 0. The number of aliphatic carboxylic acids is 1. The Morgan fingerprint density at radius 3 is 1.95 bits per heavy atom. The Bertz CT molecular complexity index is 354. The van der Waals surface area contributed by atoms with E-state index >= 15 is 0 Å². The molecule has 0 bridgehead atoms. The first-order valence-corrected chi connectivity index (χ1v) is 5.70. The van der Waals surface area contributed by atoms with E-state index in [1.54, 1.807) is 6.92 Å². The molecule has 1 unspecified atom stereocenters. The highest BCUT2D eigenvalue weighted by Gasteiger charge is 2.62. The van der Waals surface area contributed by atoms with E-state index in [2.05, 4.69) is 4.74 Å². The minimum atomic E-state index is -5.89. The molecule has 124 valence electrons. The van der Waals surface area contributed by atoms with Crippen molar-refractivity contribution in [3.63, 3.8) is 0 Å². The van der Waals surface area contributed by atoms with Crippen molar-refractivity contribution in [3.8, 4) is 0 Å².